The third kappa shape index (κ3) is 2.54. The van der Waals surface area contributed by atoms with Crippen LogP contribution in [-0.4, -0.2) is 18.2 Å². The normalized spacial score (nSPS) is 12.5. The molecule has 1 N–H and O–H groups in total. The number of hydrogen-bond acceptors (Lipinski definition) is 4. The van der Waals surface area contributed by atoms with Crippen molar-refractivity contribution < 1.29 is 14.6 Å². The molecule has 0 radical (unpaired) electrons. The van der Waals surface area contributed by atoms with E-state index in [0.717, 1.165) is 11.1 Å². The van der Waals surface area contributed by atoms with Crippen LogP contribution in [0.1, 0.15) is 23.7 Å². The maximum Gasteiger partial charge on any atom is 0.308 e. The maximum atomic E-state index is 10.8. The number of carbonyl (C=O) groups is 1. The summed E-state index contributed by atoms with van der Waals surface area (Å²) in [7, 11) is 1.32. The van der Waals surface area contributed by atoms with Gasteiger partial charge in [-0.25, -0.2) is 0 Å². The Hall–Kier alpha value is -0.870. The molecule has 0 bridgehead atoms. The van der Waals surface area contributed by atoms with Crippen LogP contribution < -0.4 is 0 Å². The molecule has 0 saturated heterocycles. The Bertz CT molecular complexity index is 293. The standard InChI is InChI=1S/C9H12O3S/c1-6-4-13-5-7(6)8(10)3-9(11)12-2/h4-5,8,10H,3H2,1-2H3/t8-/m1/s1. The summed E-state index contributed by atoms with van der Waals surface area (Å²) in [5.74, 6) is -0.391. The summed E-state index contributed by atoms with van der Waals surface area (Å²) in [6.45, 7) is 1.91. The predicted molar refractivity (Wildman–Crippen MR) is 50.6 cm³/mol. The number of ether oxygens (including phenoxy) is 1. The second-order valence-corrected chi connectivity index (χ2v) is 3.55. The monoisotopic (exact) mass is 200 g/mol. The lowest BCUT2D eigenvalue weighted by Crippen LogP contribution is -2.08. The molecule has 1 rings (SSSR count). The van der Waals surface area contributed by atoms with Crippen molar-refractivity contribution in [1.29, 1.82) is 0 Å². The number of aliphatic hydroxyl groups excluding tert-OH is 1. The Balaban J connectivity index is 2.63. The molecule has 0 saturated carbocycles. The molecule has 0 amide bonds. The van der Waals surface area contributed by atoms with Crippen LogP contribution in [0.4, 0.5) is 0 Å². The second kappa shape index (κ2) is 4.39. The topological polar surface area (TPSA) is 46.5 Å². The van der Waals surface area contributed by atoms with Crippen LogP contribution in [0.15, 0.2) is 10.8 Å². The molecule has 0 aromatic carbocycles. The van der Waals surface area contributed by atoms with Gasteiger partial charge in [-0.15, -0.1) is 0 Å². The minimum atomic E-state index is -0.737. The average molecular weight is 200 g/mol. The Morgan fingerprint density at radius 1 is 1.69 bits per heavy atom. The molecule has 1 aromatic heterocycles. The fraction of sp³-hybridized carbons (Fsp3) is 0.444. The number of aryl methyl sites for hydroxylation is 1. The molecule has 3 nitrogen and oxygen atoms in total. The quantitative estimate of drug-likeness (QED) is 0.755. The molecule has 4 heteroatoms. The number of thiophene rings is 1. The number of aliphatic hydroxyl groups is 1. The van der Waals surface area contributed by atoms with E-state index >= 15 is 0 Å². The molecule has 0 aliphatic rings. The van der Waals surface area contributed by atoms with Gasteiger partial charge in [0.05, 0.1) is 19.6 Å². The first-order valence-corrected chi connectivity index (χ1v) is 4.87. The molecule has 1 heterocycles. The van der Waals surface area contributed by atoms with Crippen LogP contribution in [0.2, 0.25) is 0 Å². The lowest BCUT2D eigenvalue weighted by atomic mass is 10.1. The van der Waals surface area contributed by atoms with Gasteiger partial charge in [0.15, 0.2) is 0 Å². The number of methoxy groups -OCH3 is 1. The molecule has 1 atom stereocenters. The molecule has 13 heavy (non-hydrogen) atoms. The smallest absolute Gasteiger partial charge is 0.308 e. The lowest BCUT2D eigenvalue weighted by molar-refractivity contribution is -0.142. The van der Waals surface area contributed by atoms with E-state index < -0.39 is 12.1 Å². The van der Waals surface area contributed by atoms with E-state index in [0.29, 0.717) is 0 Å². The van der Waals surface area contributed by atoms with Gasteiger partial charge in [-0.3, -0.25) is 4.79 Å². The lowest BCUT2D eigenvalue weighted by Gasteiger charge is -2.08. The highest BCUT2D eigenvalue weighted by Gasteiger charge is 2.15. The van der Waals surface area contributed by atoms with Gasteiger partial charge in [0.1, 0.15) is 0 Å². The van der Waals surface area contributed by atoms with Crippen molar-refractivity contribution in [2.24, 2.45) is 0 Å². The zero-order valence-corrected chi connectivity index (χ0v) is 8.43. The molecule has 72 valence electrons. The van der Waals surface area contributed by atoms with Gasteiger partial charge < -0.3 is 9.84 Å². The average Bonchev–Trinajstić information content (AvgIpc) is 2.51. The number of esters is 1. The fourth-order valence-electron chi connectivity index (χ4n) is 1.06. The van der Waals surface area contributed by atoms with Crippen molar-refractivity contribution in [2.75, 3.05) is 7.11 Å². The van der Waals surface area contributed by atoms with E-state index in [-0.39, 0.29) is 6.42 Å². The largest absolute Gasteiger partial charge is 0.469 e. The minimum Gasteiger partial charge on any atom is -0.469 e. The summed E-state index contributed by atoms with van der Waals surface area (Å²) in [5.41, 5.74) is 1.83. The van der Waals surface area contributed by atoms with Gasteiger partial charge in [-0.2, -0.15) is 11.3 Å². The van der Waals surface area contributed by atoms with Gasteiger partial charge >= 0.3 is 5.97 Å². The van der Waals surface area contributed by atoms with Crippen molar-refractivity contribution in [3.63, 3.8) is 0 Å². The maximum absolute atomic E-state index is 10.8. The van der Waals surface area contributed by atoms with E-state index in [2.05, 4.69) is 4.74 Å². The van der Waals surface area contributed by atoms with Crippen LogP contribution >= 0.6 is 11.3 Å². The summed E-state index contributed by atoms with van der Waals surface area (Å²) >= 11 is 1.52. The SMILES string of the molecule is COC(=O)C[C@@H](O)c1cscc1C. The molecular formula is C9H12O3S. The molecule has 0 spiro atoms. The Morgan fingerprint density at radius 2 is 2.38 bits per heavy atom. The van der Waals surface area contributed by atoms with Crippen LogP contribution in [0.25, 0.3) is 0 Å². The summed E-state index contributed by atoms with van der Waals surface area (Å²) < 4.78 is 4.46. The van der Waals surface area contributed by atoms with E-state index in [1.165, 1.54) is 18.4 Å². The van der Waals surface area contributed by atoms with Crippen LogP contribution in [0.5, 0.6) is 0 Å². The zero-order valence-electron chi connectivity index (χ0n) is 7.61. The first kappa shape index (κ1) is 10.2. The van der Waals surface area contributed by atoms with Crippen molar-refractivity contribution in [3.8, 4) is 0 Å². The highest BCUT2D eigenvalue weighted by Crippen LogP contribution is 2.24. The van der Waals surface area contributed by atoms with Crippen molar-refractivity contribution in [3.05, 3.63) is 21.9 Å². The third-order valence-electron chi connectivity index (χ3n) is 1.84. The molecule has 0 fully saturated rings. The van der Waals surface area contributed by atoms with Gasteiger partial charge in [0.2, 0.25) is 0 Å². The number of hydrogen-bond donors (Lipinski definition) is 1. The third-order valence-corrected chi connectivity index (χ3v) is 2.72. The summed E-state index contributed by atoms with van der Waals surface area (Å²) in [6, 6.07) is 0. The van der Waals surface area contributed by atoms with Crippen molar-refractivity contribution >= 4 is 17.3 Å². The summed E-state index contributed by atoms with van der Waals surface area (Å²) in [4.78, 5) is 10.8. The van der Waals surface area contributed by atoms with Gasteiger partial charge in [-0.1, -0.05) is 0 Å². The molecule has 0 unspecified atom stereocenters. The Morgan fingerprint density at radius 3 is 2.85 bits per heavy atom. The number of rotatable bonds is 3. The van der Waals surface area contributed by atoms with E-state index in [1.54, 1.807) is 0 Å². The summed E-state index contributed by atoms with van der Waals surface area (Å²) in [6.07, 6.45) is -0.715. The predicted octanol–water partition coefficient (Wildman–Crippen LogP) is 1.65. The molecule has 0 aliphatic carbocycles. The van der Waals surface area contributed by atoms with Crippen LogP contribution in [-0.2, 0) is 9.53 Å². The van der Waals surface area contributed by atoms with E-state index in [4.69, 9.17) is 0 Å². The highest BCUT2D eigenvalue weighted by molar-refractivity contribution is 7.08. The molecular weight excluding hydrogens is 188 g/mol. The highest BCUT2D eigenvalue weighted by atomic mass is 32.1. The summed E-state index contributed by atoms with van der Waals surface area (Å²) in [5, 5.41) is 13.4. The van der Waals surface area contributed by atoms with E-state index in [1.807, 2.05) is 17.7 Å². The number of carbonyl (C=O) groups excluding carboxylic acids is 1. The second-order valence-electron chi connectivity index (χ2n) is 2.81. The van der Waals surface area contributed by atoms with Crippen molar-refractivity contribution in [1.82, 2.24) is 0 Å². The van der Waals surface area contributed by atoms with Crippen molar-refractivity contribution in [2.45, 2.75) is 19.4 Å². The fourth-order valence-corrected chi connectivity index (χ4v) is 1.96. The van der Waals surface area contributed by atoms with Crippen LogP contribution in [0, 0.1) is 6.92 Å². The van der Waals surface area contributed by atoms with Crippen LogP contribution in [0.3, 0.4) is 0 Å². The van der Waals surface area contributed by atoms with Gasteiger partial charge in [-0.05, 0) is 28.8 Å². The minimum absolute atomic E-state index is 0.0219. The molecule has 1 aromatic rings. The zero-order chi connectivity index (χ0) is 9.84. The van der Waals surface area contributed by atoms with Gasteiger partial charge in [0.25, 0.3) is 0 Å². The first-order valence-electron chi connectivity index (χ1n) is 3.92. The Labute approximate surface area is 81.0 Å². The first-order chi connectivity index (χ1) is 6.15. The Kier molecular flexibility index (Phi) is 3.45. The van der Waals surface area contributed by atoms with Gasteiger partial charge in [0, 0.05) is 0 Å². The molecule has 0 aliphatic heterocycles. The van der Waals surface area contributed by atoms with E-state index in [9.17, 15) is 9.90 Å².